The number of amides is 2. The molecule has 0 radical (unpaired) electrons. The average molecular weight is 476 g/mol. The number of hydrogen-bond acceptors (Lipinski definition) is 6. The summed E-state index contributed by atoms with van der Waals surface area (Å²) in [7, 11) is 0. The van der Waals surface area contributed by atoms with Crippen LogP contribution >= 0.6 is 23.4 Å². The molecule has 2 aromatic heterocycles. The van der Waals surface area contributed by atoms with Crippen LogP contribution in [0.2, 0.25) is 5.02 Å². The van der Waals surface area contributed by atoms with Gasteiger partial charge in [-0.1, -0.05) is 23.7 Å². The molecule has 0 bridgehead atoms. The number of nitrogens with zero attached hydrogens (tertiary/aromatic N) is 4. The summed E-state index contributed by atoms with van der Waals surface area (Å²) in [6, 6.07) is 6.28. The summed E-state index contributed by atoms with van der Waals surface area (Å²) in [5.41, 5.74) is 6.32. The number of thioether (sulfide) groups is 1. The van der Waals surface area contributed by atoms with E-state index >= 15 is 0 Å². The van der Waals surface area contributed by atoms with E-state index in [2.05, 4.69) is 10.1 Å². The summed E-state index contributed by atoms with van der Waals surface area (Å²) < 4.78 is 15.5. The first kappa shape index (κ1) is 22.2. The zero-order valence-electron chi connectivity index (χ0n) is 16.8. The third-order valence-electron chi connectivity index (χ3n) is 5.23. The van der Waals surface area contributed by atoms with Gasteiger partial charge in [0.1, 0.15) is 17.7 Å². The molecule has 2 amide bonds. The van der Waals surface area contributed by atoms with Gasteiger partial charge in [-0.15, -0.1) is 11.8 Å². The molecule has 8 nitrogen and oxygen atoms in total. The van der Waals surface area contributed by atoms with Crippen molar-refractivity contribution in [2.75, 3.05) is 12.3 Å². The van der Waals surface area contributed by atoms with Crippen molar-refractivity contribution in [3.8, 4) is 0 Å². The lowest BCUT2D eigenvalue weighted by molar-refractivity contribution is -0.136. The van der Waals surface area contributed by atoms with Crippen molar-refractivity contribution in [2.45, 2.75) is 24.8 Å². The Hall–Kier alpha value is -2.98. The number of carbonyl (C=O) groups excluding carboxylic acids is 3. The van der Waals surface area contributed by atoms with E-state index in [1.54, 1.807) is 18.2 Å². The molecule has 1 fully saturated rings. The van der Waals surface area contributed by atoms with Crippen LogP contribution in [0, 0.1) is 5.82 Å². The minimum atomic E-state index is -0.703. The molecule has 3 aromatic rings. The summed E-state index contributed by atoms with van der Waals surface area (Å²) in [5, 5.41) is 4.04. The number of carbonyl (C=O) groups is 3. The van der Waals surface area contributed by atoms with Crippen LogP contribution in [0.5, 0.6) is 0 Å². The van der Waals surface area contributed by atoms with E-state index in [0.717, 1.165) is 0 Å². The Morgan fingerprint density at radius 3 is 2.88 bits per heavy atom. The van der Waals surface area contributed by atoms with E-state index < -0.39 is 17.1 Å². The van der Waals surface area contributed by atoms with Gasteiger partial charge in [-0.3, -0.25) is 24.0 Å². The Balaban J connectivity index is 1.47. The number of primary amides is 1. The molecule has 4 rings (SSSR count). The molecule has 1 aliphatic heterocycles. The van der Waals surface area contributed by atoms with Crippen LogP contribution in [0.1, 0.15) is 22.5 Å². The Morgan fingerprint density at radius 1 is 1.28 bits per heavy atom. The van der Waals surface area contributed by atoms with Crippen LogP contribution in [0.15, 0.2) is 36.7 Å². The Kier molecular flexibility index (Phi) is 6.43. The van der Waals surface area contributed by atoms with Gasteiger partial charge < -0.3 is 10.6 Å². The first-order valence-corrected chi connectivity index (χ1v) is 11.3. The van der Waals surface area contributed by atoms with Gasteiger partial charge in [-0.25, -0.2) is 4.39 Å². The molecule has 3 heterocycles. The van der Waals surface area contributed by atoms with Crippen molar-refractivity contribution < 1.29 is 18.8 Å². The van der Waals surface area contributed by atoms with Crippen molar-refractivity contribution >= 4 is 51.9 Å². The maximum absolute atomic E-state index is 14.1. The lowest BCUT2D eigenvalue weighted by Crippen LogP contribution is -2.41. The number of benzene rings is 1. The Morgan fingerprint density at radius 2 is 2.09 bits per heavy atom. The van der Waals surface area contributed by atoms with E-state index in [4.69, 9.17) is 17.3 Å². The van der Waals surface area contributed by atoms with Crippen molar-refractivity contribution in [2.24, 2.45) is 5.73 Å². The third-order valence-corrected chi connectivity index (χ3v) is 6.77. The fourth-order valence-electron chi connectivity index (χ4n) is 3.66. The highest BCUT2D eigenvalue weighted by Crippen LogP contribution is 2.27. The topological polar surface area (TPSA) is 111 Å². The zero-order valence-corrected chi connectivity index (χ0v) is 18.4. The standard InChI is InChI=1S/C21H19ClFN5O3S/c22-14-3-1-2-12(18(14)23)4-5-16(29)21-27(8-9-32-21)17(30)11-28-15-10-25-7-6-13(15)19(26-28)20(24)31/h1-3,6-7,10,21H,4-5,8-9,11H2,(H2,24,31)/t21-/m0/s1. The number of fused-ring (bicyclic) bond motifs is 1. The predicted molar refractivity (Wildman–Crippen MR) is 119 cm³/mol. The maximum atomic E-state index is 14.1. The summed E-state index contributed by atoms with van der Waals surface area (Å²) in [6.07, 6.45) is 3.29. The molecule has 1 aliphatic rings. The third kappa shape index (κ3) is 4.33. The highest BCUT2D eigenvalue weighted by atomic mass is 35.5. The molecule has 166 valence electrons. The van der Waals surface area contributed by atoms with E-state index in [1.165, 1.54) is 39.8 Å². The van der Waals surface area contributed by atoms with Gasteiger partial charge in [-0.2, -0.15) is 5.10 Å². The molecule has 0 aliphatic carbocycles. The van der Waals surface area contributed by atoms with Gasteiger partial charge in [0.05, 0.1) is 16.7 Å². The number of rotatable bonds is 7. The average Bonchev–Trinajstić information content (AvgIpc) is 3.40. The molecule has 11 heteroatoms. The van der Waals surface area contributed by atoms with Crippen molar-refractivity contribution in [3.63, 3.8) is 0 Å². The molecule has 1 aromatic carbocycles. The molecular weight excluding hydrogens is 457 g/mol. The summed E-state index contributed by atoms with van der Waals surface area (Å²) in [5.74, 6) is -1.10. The predicted octanol–water partition coefficient (Wildman–Crippen LogP) is 2.43. The number of pyridine rings is 1. The highest BCUT2D eigenvalue weighted by molar-refractivity contribution is 8.00. The molecular formula is C21H19ClFN5O3S. The summed E-state index contributed by atoms with van der Waals surface area (Å²) in [4.78, 5) is 43.0. The lowest BCUT2D eigenvalue weighted by Gasteiger charge is -2.23. The summed E-state index contributed by atoms with van der Waals surface area (Å²) >= 11 is 7.18. The molecule has 0 spiro atoms. The second kappa shape index (κ2) is 9.25. The number of aryl methyl sites for hydroxylation is 1. The van der Waals surface area contributed by atoms with Gasteiger partial charge in [0.2, 0.25) is 5.91 Å². The quantitative estimate of drug-likeness (QED) is 0.561. The van der Waals surface area contributed by atoms with Crippen LogP contribution in [0.4, 0.5) is 4.39 Å². The number of Topliss-reactive ketones (excluding diaryl/α,β-unsaturated/α-hetero) is 1. The minimum absolute atomic E-state index is 0.0123. The SMILES string of the molecule is NC(=O)c1nn(CC(=O)N2CCS[C@H]2C(=O)CCc2cccc(Cl)c2F)c2cnccc12. The van der Waals surface area contributed by atoms with Crippen LogP contribution in [0.25, 0.3) is 10.9 Å². The number of halogens is 2. The number of ketones is 1. The maximum Gasteiger partial charge on any atom is 0.269 e. The molecule has 1 atom stereocenters. The van der Waals surface area contributed by atoms with E-state index in [-0.39, 0.29) is 41.8 Å². The van der Waals surface area contributed by atoms with Crippen LogP contribution in [-0.2, 0) is 22.6 Å². The smallest absolute Gasteiger partial charge is 0.269 e. The molecule has 1 saturated heterocycles. The van der Waals surface area contributed by atoms with Crippen molar-refractivity contribution in [1.29, 1.82) is 0 Å². The second-order valence-corrected chi connectivity index (χ2v) is 8.85. The molecule has 0 saturated carbocycles. The van der Waals surface area contributed by atoms with Gasteiger partial charge in [0.25, 0.3) is 5.91 Å². The van der Waals surface area contributed by atoms with Gasteiger partial charge in [0, 0.05) is 30.3 Å². The van der Waals surface area contributed by atoms with Crippen LogP contribution < -0.4 is 5.73 Å². The lowest BCUT2D eigenvalue weighted by atomic mass is 10.1. The molecule has 2 N–H and O–H groups in total. The Labute approximate surface area is 191 Å². The van der Waals surface area contributed by atoms with E-state index in [1.807, 2.05) is 0 Å². The van der Waals surface area contributed by atoms with Gasteiger partial charge in [0.15, 0.2) is 11.5 Å². The largest absolute Gasteiger partial charge is 0.364 e. The van der Waals surface area contributed by atoms with Crippen molar-refractivity contribution in [3.05, 3.63) is 58.8 Å². The second-order valence-electron chi connectivity index (χ2n) is 7.25. The fourth-order valence-corrected chi connectivity index (χ4v) is 5.08. The van der Waals surface area contributed by atoms with Crippen LogP contribution in [-0.4, -0.2) is 54.9 Å². The molecule has 32 heavy (non-hydrogen) atoms. The Bertz CT molecular complexity index is 1220. The van der Waals surface area contributed by atoms with Gasteiger partial charge >= 0.3 is 0 Å². The van der Waals surface area contributed by atoms with Gasteiger partial charge in [-0.05, 0) is 24.1 Å². The van der Waals surface area contributed by atoms with Crippen LogP contribution in [0.3, 0.4) is 0 Å². The van der Waals surface area contributed by atoms with Crippen molar-refractivity contribution in [1.82, 2.24) is 19.7 Å². The number of aromatic nitrogens is 3. The first-order valence-electron chi connectivity index (χ1n) is 9.84. The van der Waals surface area contributed by atoms with E-state index in [0.29, 0.717) is 28.8 Å². The zero-order chi connectivity index (χ0) is 22.8. The molecule has 0 unspecified atom stereocenters. The first-order chi connectivity index (χ1) is 15.4. The summed E-state index contributed by atoms with van der Waals surface area (Å²) in [6.45, 7) is 0.244. The normalized spacial score (nSPS) is 15.9. The number of hydrogen-bond donors (Lipinski definition) is 1. The minimum Gasteiger partial charge on any atom is -0.364 e. The monoisotopic (exact) mass is 475 g/mol. The van der Waals surface area contributed by atoms with E-state index in [9.17, 15) is 18.8 Å². The highest BCUT2D eigenvalue weighted by Gasteiger charge is 2.34. The fraction of sp³-hybridized carbons (Fsp3) is 0.286. The number of nitrogens with two attached hydrogens (primary N) is 1.